The summed E-state index contributed by atoms with van der Waals surface area (Å²) in [7, 11) is 0. The smallest absolute Gasteiger partial charge is 0.487 e. The Kier molecular flexibility index (Phi) is 6.81. The molecule has 21 heavy (non-hydrogen) atoms. The average molecular weight is 305 g/mol. The van der Waals surface area contributed by atoms with Crippen LogP contribution in [0, 0.1) is 0 Å². The molecule has 120 valence electrons. The molecule has 0 aliphatic heterocycles. The van der Waals surface area contributed by atoms with Gasteiger partial charge >= 0.3 is 6.36 Å². The molecule has 0 fully saturated rings. The van der Waals surface area contributed by atoms with Crippen LogP contribution in [0.25, 0.3) is 0 Å². The van der Waals surface area contributed by atoms with Crippen LogP contribution in [-0.2, 0) is 0 Å². The van der Waals surface area contributed by atoms with E-state index in [1.54, 1.807) is 6.07 Å². The van der Waals surface area contributed by atoms with Gasteiger partial charge in [0.1, 0.15) is 0 Å². The van der Waals surface area contributed by atoms with Crippen LogP contribution in [0.1, 0.15) is 33.6 Å². The maximum absolute atomic E-state index is 12.3. The minimum absolute atomic E-state index is 0.110. The Morgan fingerprint density at radius 3 is 2.29 bits per heavy atom. The van der Waals surface area contributed by atoms with Crippen molar-refractivity contribution < 1.29 is 22.6 Å². The van der Waals surface area contributed by atoms with Gasteiger partial charge in [0.05, 0.1) is 6.10 Å². The molecule has 1 unspecified atom stereocenters. The lowest BCUT2D eigenvalue weighted by Gasteiger charge is -2.18. The van der Waals surface area contributed by atoms with E-state index in [4.69, 9.17) is 4.74 Å². The Labute approximate surface area is 123 Å². The molecular formula is C15H22F3NO2. The number of ether oxygens (including phenoxy) is 2. The molecule has 1 atom stereocenters. The molecule has 6 heteroatoms. The number of hydrogen-bond acceptors (Lipinski definition) is 3. The predicted molar refractivity (Wildman–Crippen MR) is 75.6 cm³/mol. The maximum Gasteiger partial charge on any atom is 0.573 e. The van der Waals surface area contributed by atoms with Crippen LogP contribution in [0.4, 0.5) is 13.2 Å². The molecule has 3 nitrogen and oxygen atoms in total. The number of rotatable bonds is 8. The van der Waals surface area contributed by atoms with Gasteiger partial charge in [-0.1, -0.05) is 26.0 Å². The summed E-state index contributed by atoms with van der Waals surface area (Å²) in [6.07, 6.45) is -3.26. The van der Waals surface area contributed by atoms with Gasteiger partial charge in [0, 0.05) is 6.04 Å². The lowest BCUT2D eigenvalue weighted by molar-refractivity contribution is -0.275. The lowest BCUT2D eigenvalue weighted by atomic mass is 10.2. The van der Waals surface area contributed by atoms with Crippen LogP contribution in [0.2, 0.25) is 0 Å². The van der Waals surface area contributed by atoms with Gasteiger partial charge in [-0.25, -0.2) is 0 Å². The molecule has 0 radical (unpaired) electrons. The van der Waals surface area contributed by atoms with E-state index in [1.807, 2.05) is 6.92 Å². The van der Waals surface area contributed by atoms with Crippen molar-refractivity contribution in [2.24, 2.45) is 0 Å². The van der Waals surface area contributed by atoms with Crippen molar-refractivity contribution in [1.82, 2.24) is 5.32 Å². The van der Waals surface area contributed by atoms with Gasteiger partial charge < -0.3 is 14.8 Å². The summed E-state index contributed by atoms with van der Waals surface area (Å²) in [4.78, 5) is 0. The fourth-order valence-corrected chi connectivity index (χ4v) is 1.81. The first kappa shape index (κ1) is 17.6. The highest BCUT2D eigenvalue weighted by atomic mass is 19.4. The fourth-order valence-electron chi connectivity index (χ4n) is 1.81. The van der Waals surface area contributed by atoms with E-state index < -0.39 is 6.36 Å². The monoisotopic (exact) mass is 305 g/mol. The molecule has 1 aromatic carbocycles. The molecule has 1 aromatic rings. The minimum atomic E-state index is -4.72. The third kappa shape index (κ3) is 7.80. The summed E-state index contributed by atoms with van der Waals surface area (Å²) in [5.41, 5.74) is 0. The van der Waals surface area contributed by atoms with Gasteiger partial charge in [-0.15, -0.1) is 13.2 Å². The van der Waals surface area contributed by atoms with Gasteiger partial charge in [0.25, 0.3) is 0 Å². The second kappa shape index (κ2) is 8.12. The van der Waals surface area contributed by atoms with Gasteiger partial charge in [0.15, 0.2) is 11.5 Å². The van der Waals surface area contributed by atoms with Gasteiger partial charge in [-0.3, -0.25) is 0 Å². The zero-order valence-electron chi connectivity index (χ0n) is 12.5. The van der Waals surface area contributed by atoms with E-state index in [9.17, 15) is 13.2 Å². The van der Waals surface area contributed by atoms with Crippen LogP contribution in [0.15, 0.2) is 24.3 Å². The first-order valence-corrected chi connectivity index (χ1v) is 7.02. The zero-order chi connectivity index (χ0) is 15.9. The Morgan fingerprint density at radius 1 is 1.10 bits per heavy atom. The minimum Gasteiger partial charge on any atom is -0.487 e. The van der Waals surface area contributed by atoms with E-state index in [1.165, 1.54) is 18.2 Å². The quantitative estimate of drug-likeness (QED) is 0.733. The second-order valence-corrected chi connectivity index (χ2v) is 5.17. The number of nitrogens with one attached hydrogen (secondary N) is 1. The van der Waals surface area contributed by atoms with Crippen LogP contribution in [0.5, 0.6) is 11.5 Å². The predicted octanol–water partition coefficient (Wildman–Crippen LogP) is 4.13. The van der Waals surface area contributed by atoms with Crippen molar-refractivity contribution in [2.45, 2.75) is 52.1 Å². The summed E-state index contributed by atoms with van der Waals surface area (Å²) in [5.74, 6) is -0.198. The highest BCUT2D eigenvalue weighted by Crippen LogP contribution is 2.32. The molecule has 0 saturated heterocycles. The number of halogens is 3. The van der Waals surface area contributed by atoms with E-state index in [0.717, 1.165) is 19.4 Å². The molecule has 0 saturated carbocycles. The first-order chi connectivity index (χ1) is 9.78. The Balaban J connectivity index is 2.50. The normalized spacial score (nSPS) is 13.3. The van der Waals surface area contributed by atoms with E-state index in [-0.39, 0.29) is 17.6 Å². The number of benzene rings is 1. The lowest BCUT2D eigenvalue weighted by Crippen LogP contribution is -2.25. The molecule has 0 aliphatic carbocycles. The number of para-hydroxylation sites is 2. The Morgan fingerprint density at radius 2 is 1.71 bits per heavy atom. The molecule has 0 aliphatic rings. The largest absolute Gasteiger partial charge is 0.573 e. The van der Waals surface area contributed by atoms with E-state index in [0.29, 0.717) is 6.04 Å². The van der Waals surface area contributed by atoms with E-state index in [2.05, 4.69) is 23.9 Å². The third-order valence-corrected chi connectivity index (χ3v) is 2.74. The molecule has 0 aromatic heterocycles. The van der Waals surface area contributed by atoms with Crippen molar-refractivity contribution >= 4 is 0 Å². The molecule has 0 spiro atoms. The number of alkyl halides is 3. The standard InChI is InChI=1S/C15H22F3NO2/c1-11(2)19-10-6-7-12(3)20-13-8-4-5-9-14(13)21-15(16,17)18/h4-5,8-9,11-12,19H,6-7,10H2,1-3H3. The molecule has 1 N–H and O–H groups in total. The molecule has 0 bridgehead atoms. The highest BCUT2D eigenvalue weighted by molar-refractivity contribution is 5.39. The van der Waals surface area contributed by atoms with E-state index >= 15 is 0 Å². The van der Waals surface area contributed by atoms with Gasteiger partial charge in [0.2, 0.25) is 0 Å². The summed E-state index contributed by atoms with van der Waals surface area (Å²) in [5, 5.41) is 3.28. The number of hydrogen-bond donors (Lipinski definition) is 1. The average Bonchev–Trinajstić information content (AvgIpc) is 2.35. The van der Waals surface area contributed by atoms with Crippen LogP contribution < -0.4 is 14.8 Å². The van der Waals surface area contributed by atoms with Gasteiger partial charge in [-0.2, -0.15) is 0 Å². The van der Waals surface area contributed by atoms with Crippen molar-refractivity contribution in [3.8, 4) is 11.5 Å². The first-order valence-electron chi connectivity index (χ1n) is 7.02. The van der Waals surface area contributed by atoms with Gasteiger partial charge in [-0.05, 0) is 38.4 Å². The Hall–Kier alpha value is -1.43. The van der Waals surface area contributed by atoms with Crippen molar-refractivity contribution in [3.05, 3.63) is 24.3 Å². The van der Waals surface area contributed by atoms with Crippen LogP contribution in [0.3, 0.4) is 0 Å². The highest BCUT2D eigenvalue weighted by Gasteiger charge is 2.32. The van der Waals surface area contributed by atoms with Crippen molar-refractivity contribution in [1.29, 1.82) is 0 Å². The van der Waals surface area contributed by atoms with Crippen LogP contribution >= 0.6 is 0 Å². The molecule has 0 heterocycles. The summed E-state index contributed by atoms with van der Waals surface area (Å²) in [6, 6.07) is 6.23. The molecule has 1 rings (SSSR count). The summed E-state index contributed by atoms with van der Waals surface area (Å²) < 4.78 is 46.4. The third-order valence-electron chi connectivity index (χ3n) is 2.74. The zero-order valence-corrected chi connectivity index (χ0v) is 12.5. The SMILES string of the molecule is CC(C)NCCCC(C)Oc1ccccc1OC(F)(F)F. The second-order valence-electron chi connectivity index (χ2n) is 5.17. The Bertz CT molecular complexity index is 422. The molecular weight excluding hydrogens is 283 g/mol. The maximum atomic E-state index is 12.3. The van der Waals surface area contributed by atoms with Crippen molar-refractivity contribution in [3.63, 3.8) is 0 Å². The fraction of sp³-hybridized carbons (Fsp3) is 0.600. The summed E-state index contributed by atoms with van der Waals surface area (Å²) >= 11 is 0. The van der Waals surface area contributed by atoms with Crippen molar-refractivity contribution in [2.75, 3.05) is 6.54 Å². The topological polar surface area (TPSA) is 30.5 Å². The summed E-state index contributed by atoms with van der Waals surface area (Å²) in [6.45, 7) is 6.81. The van der Waals surface area contributed by atoms with Crippen LogP contribution in [-0.4, -0.2) is 25.1 Å². The molecule has 0 amide bonds.